The summed E-state index contributed by atoms with van der Waals surface area (Å²) >= 11 is 0. The molecule has 0 fully saturated rings. The van der Waals surface area contributed by atoms with Crippen LogP contribution in [-0.2, 0) is 4.74 Å². The van der Waals surface area contributed by atoms with Crippen LogP contribution in [0.1, 0.15) is 11.8 Å². The van der Waals surface area contributed by atoms with Crippen LogP contribution >= 0.6 is 0 Å². The van der Waals surface area contributed by atoms with E-state index in [4.69, 9.17) is 9.47 Å². The lowest BCUT2D eigenvalue weighted by Gasteiger charge is -2.14. The molecule has 0 saturated carbocycles. The van der Waals surface area contributed by atoms with E-state index in [-0.39, 0.29) is 17.5 Å². The number of hydrogen-bond donors (Lipinski definition) is 1. The van der Waals surface area contributed by atoms with Gasteiger partial charge in [0, 0.05) is 0 Å². The van der Waals surface area contributed by atoms with Gasteiger partial charge < -0.3 is 19.3 Å². The van der Waals surface area contributed by atoms with E-state index in [0.717, 1.165) is 0 Å². The van der Waals surface area contributed by atoms with Crippen LogP contribution in [0.4, 0.5) is 13.2 Å². The topological polar surface area (TPSA) is 73.7 Å². The summed E-state index contributed by atoms with van der Waals surface area (Å²) in [7, 11) is 2.66. The molecule has 108 valence electrons. The van der Waals surface area contributed by atoms with Crippen molar-refractivity contribution in [3.05, 3.63) is 11.9 Å². The standard InChI is InChI=1S/C10H13F3N2O4/c1-17-7-3-14-8(9(15-7)18-2)6(16)4-19-5-10(11,12)13/h3,6,16H,4-5H2,1-2H3. The normalized spacial score (nSPS) is 13.2. The summed E-state index contributed by atoms with van der Waals surface area (Å²) in [5, 5.41) is 9.68. The van der Waals surface area contributed by atoms with Crippen molar-refractivity contribution in [3.8, 4) is 11.8 Å². The predicted molar refractivity (Wildman–Crippen MR) is 57.0 cm³/mol. The molecule has 1 N–H and O–H groups in total. The lowest BCUT2D eigenvalue weighted by molar-refractivity contribution is -0.179. The first-order chi connectivity index (χ1) is 8.87. The minimum Gasteiger partial charge on any atom is -0.480 e. The number of hydrogen-bond acceptors (Lipinski definition) is 6. The Balaban J connectivity index is 2.68. The number of ether oxygens (including phenoxy) is 3. The second-order valence-electron chi connectivity index (χ2n) is 3.45. The third-order valence-electron chi connectivity index (χ3n) is 2.00. The maximum absolute atomic E-state index is 11.9. The molecule has 0 saturated heterocycles. The molecule has 1 atom stereocenters. The second-order valence-corrected chi connectivity index (χ2v) is 3.45. The Morgan fingerprint density at radius 1 is 1.32 bits per heavy atom. The number of aromatic nitrogens is 2. The van der Waals surface area contributed by atoms with Crippen molar-refractivity contribution in [3.63, 3.8) is 0 Å². The summed E-state index contributed by atoms with van der Waals surface area (Å²) in [5.41, 5.74) is -0.0227. The molecule has 0 aromatic carbocycles. The van der Waals surface area contributed by atoms with Crippen molar-refractivity contribution in [1.82, 2.24) is 9.97 Å². The van der Waals surface area contributed by atoms with Gasteiger partial charge in [-0.05, 0) is 0 Å². The third kappa shape index (κ3) is 4.87. The van der Waals surface area contributed by atoms with Crippen molar-refractivity contribution < 1.29 is 32.5 Å². The van der Waals surface area contributed by atoms with Gasteiger partial charge in [-0.1, -0.05) is 0 Å². The van der Waals surface area contributed by atoms with Gasteiger partial charge in [-0.2, -0.15) is 18.2 Å². The largest absolute Gasteiger partial charge is 0.480 e. The van der Waals surface area contributed by atoms with E-state index < -0.39 is 25.5 Å². The lowest BCUT2D eigenvalue weighted by atomic mass is 10.2. The summed E-state index contributed by atoms with van der Waals surface area (Å²) in [6.07, 6.45) is -4.61. The van der Waals surface area contributed by atoms with Crippen LogP contribution in [0.3, 0.4) is 0 Å². The molecule has 19 heavy (non-hydrogen) atoms. The molecular weight excluding hydrogens is 269 g/mol. The SMILES string of the molecule is COc1cnc(C(O)COCC(F)(F)F)c(OC)n1. The molecule has 0 spiro atoms. The average Bonchev–Trinajstić information content (AvgIpc) is 2.36. The predicted octanol–water partition coefficient (Wildman–Crippen LogP) is 1.11. The molecular formula is C10H13F3N2O4. The molecule has 0 amide bonds. The Morgan fingerprint density at radius 3 is 2.53 bits per heavy atom. The highest BCUT2D eigenvalue weighted by Gasteiger charge is 2.28. The average molecular weight is 282 g/mol. The van der Waals surface area contributed by atoms with Crippen LogP contribution in [0.2, 0.25) is 0 Å². The van der Waals surface area contributed by atoms with E-state index in [2.05, 4.69) is 14.7 Å². The third-order valence-corrected chi connectivity index (χ3v) is 2.00. The van der Waals surface area contributed by atoms with Crippen LogP contribution in [0.25, 0.3) is 0 Å². The molecule has 1 aromatic heterocycles. The monoisotopic (exact) mass is 282 g/mol. The molecule has 0 bridgehead atoms. The van der Waals surface area contributed by atoms with Crippen molar-refractivity contribution >= 4 is 0 Å². The van der Waals surface area contributed by atoms with Crippen LogP contribution in [-0.4, -0.2) is 48.7 Å². The molecule has 1 rings (SSSR count). The Morgan fingerprint density at radius 2 is 2.00 bits per heavy atom. The van der Waals surface area contributed by atoms with Crippen molar-refractivity contribution in [2.45, 2.75) is 12.3 Å². The second kappa shape index (κ2) is 6.53. The molecule has 6 nitrogen and oxygen atoms in total. The van der Waals surface area contributed by atoms with Gasteiger partial charge in [-0.3, -0.25) is 0 Å². The zero-order valence-electron chi connectivity index (χ0n) is 10.3. The summed E-state index contributed by atoms with van der Waals surface area (Å²) in [6, 6.07) is 0. The van der Waals surface area contributed by atoms with Crippen LogP contribution < -0.4 is 9.47 Å². The number of methoxy groups -OCH3 is 2. The first-order valence-electron chi connectivity index (χ1n) is 5.15. The molecule has 9 heteroatoms. The summed E-state index contributed by atoms with van der Waals surface area (Å²) in [5.74, 6) is 0.117. The van der Waals surface area contributed by atoms with Crippen LogP contribution in [0, 0.1) is 0 Å². The fourth-order valence-electron chi connectivity index (χ4n) is 1.21. The number of halogens is 3. The quantitative estimate of drug-likeness (QED) is 0.842. The Hall–Kier alpha value is -1.61. The molecule has 1 heterocycles. The molecule has 0 aliphatic carbocycles. The lowest BCUT2D eigenvalue weighted by Crippen LogP contribution is -2.20. The van der Waals surface area contributed by atoms with Crippen LogP contribution in [0.15, 0.2) is 6.20 Å². The molecule has 0 aliphatic rings. The summed E-state index contributed by atoms with van der Waals surface area (Å²) in [6.45, 7) is -2.02. The molecule has 1 unspecified atom stereocenters. The number of rotatable bonds is 6. The van der Waals surface area contributed by atoms with Gasteiger partial charge >= 0.3 is 6.18 Å². The summed E-state index contributed by atoms with van der Waals surface area (Å²) < 4.78 is 49.6. The number of nitrogens with zero attached hydrogens (tertiary/aromatic N) is 2. The minimum atomic E-state index is -4.45. The van der Waals surface area contributed by atoms with E-state index in [1.807, 2.05) is 0 Å². The Bertz CT molecular complexity index is 414. The van der Waals surface area contributed by atoms with E-state index in [1.54, 1.807) is 0 Å². The van der Waals surface area contributed by atoms with Gasteiger partial charge in [0.2, 0.25) is 11.8 Å². The molecule has 0 aliphatic heterocycles. The zero-order chi connectivity index (χ0) is 14.5. The Kier molecular flexibility index (Phi) is 5.31. The first kappa shape index (κ1) is 15.4. The van der Waals surface area contributed by atoms with E-state index in [1.165, 1.54) is 20.4 Å². The highest BCUT2D eigenvalue weighted by atomic mass is 19.4. The van der Waals surface area contributed by atoms with Gasteiger partial charge in [-0.15, -0.1) is 0 Å². The number of aliphatic hydroxyl groups excluding tert-OH is 1. The van der Waals surface area contributed by atoms with Gasteiger partial charge in [-0.25, -0.2) is 4.98 Å². The smallest absolute Gasteiger partial charge is 0.411 e. The molecule has 0 radical (unpaired) electrons. The highest BCUT2D eigenvalue weighted by molar-refractivity contribution is 5.24. The van der Waals surface area contributed by atoms with Crippen LogP contribution in [0.5, 0.6) is 11.8 Å². The fourth-order valence-corrected chi connectivity index (χ4v) is 1.21. The van der Waals surface area contributed by atoms with Gasteiger partial charge in [0.25, 0.3) is 0 Å². The first-order valence-corrected chi connectivity index (χ1v) is 5.15. The van der Waals surface area contributed by atoms with Gasteiger partial charge in [0.15, 0.2) is 0 Å². The van der Waals surface area contributed by atoms with Crippen molar-refractivity contribution in [2.24, 2.45) is 0 Å². The van der Waals surface area contributed by atoms with E-state index >= 15 is 0 Å². The highest BCUT2D eigenvalue weighted by Crippen LogP contribution is 2.24. The minimum absolute atomic E-state index is 0.0227. The van der Waals surface area contributed by atoms with E-state index in [9.17, 15) is 18.3 Å². The summed E-state index contributed by atoms with van der Waals surface area (Å²) in [4.78, 5) is 7.65. The maximum atomic E-state index is 11.9. The van der Waals surface area contributed by atoms with E-state index in [0.29, 0.717) is 0 Å². The number of alkyl halides is 3. The Labute approximate surface area is 107 Å². The maximum Gasteiger partial charge on any atom is 0.411 e. The molecule has 1 aromatic rings. The zero-order valence-corrected chi connectivity index (χ0v) is 10.3. The fraction of sp³-hybridized carbons (Fsp3) is 0.600. The van der Waals surface area contributed by atoms with Crippen molar-refractivity contribution in [1.29, 1.82) is 0 Å². The van der Waals surface area contributed by atoms with Crippen molar-refractivity contribution in [2.75, 3.05) is 27.4 Å². The van der Waals surface area contributed by atoms with Gasteiger partial charge in [0.1, 0.15) is 18.4 Å². The van der Waals surface area contributed by atoms with Gasteiger partial charge in [0.05, 0.1) is 27.0 Å². The number of aliphatic hydroxyl groups is 1.